The molecule has 18 heavy (non-hydrogen) atoms. The molecule has 0 bridgehead atoms. The molecule has 1 amide bonds. The zero-order valence-corrected chi connectivity index (χ0v) is 11.1. The Labute approximate surface area is 107 Å². The Balaban J connectivity index is 1.76. The zero-order chi connectivity index (χ0) is 13.4. The SMILES string of the molecule is CCN(CC)CC1(NC(=O)C[C@H]2CC2(F)F)CC1. The molecule has 2 fully saturated rings. The van der Waals surface area contributed by atoms with E-state index >= 15 is 0 Å². The van der Waals surface area contributed by atoms with Crippen LogP contribution >= 0.6 is 0 Å². The highest BCUT2D eigenvalue weighted by atomic mass is 19.3. The largest absolute Gasteiger partial charge is 0.349 e. The van der Waals surface area contributed by atoms with Gasteiger partial charge in [0.1, 0.15) is 0 Å². The van der Waals surface area contributed by atoms with Crippen LogP contribution in [-0.4, -0.2) is 41.9 Å². The maximum atomic E-state index is 12.7. The molecule has 0 aromatic carbocycles. The summed E-state index contributed by atoms with van der Waals surface area (Å²) in [7, 11) is 0. The lowest BCUT2D eigenvalue weighted by atomic mass is 10.2. The molecule has 0 aromatic heterocycles. The van der Waals surface area contributed by atoms with Gasteiger partial charge in [-0.1, -0.05) is 13.8 Å². The molecule has 2 saturated carbocycles. The van der Waals surface area contributed by atoms with Crippen LogP contribution in [0.4, 0.5) is 8.78 Å². The lowest BCUT2D eigenvalue weighted by Gasteiger charge is -2.26. The summed E-state index contributed by atoms with van der Waals surface area (Å²) in [6.07, 6.45) is 1.79. The van der Waals surface area contributed by atoms with E-state index in [0.29, 0.717) is 0 Å². The summed E-state index contributed by atoms with van der Waals surface area (Å²) < 4.78 is 25.5. The van der Waals surface area contributed by atoms with Gasteiger partial charge in [-0.3, -0.25) is 4.79 Å². The maximum Gasteiger partial charge on any atom is 0.252 e. The highest BCUT2D eigenvalue weighted by Gasteiger charge is 2.57. The molecule has 0 radical (unpaired) electrons. The first-order chi connectivity index (χ1) is 8.41. The highest BCUT2D eigenvalue weighted by molar-refractivity contribution is 5.78. The van der Waals surface area contributed by atoms with Crippen LogP contribution in [0, 0.1) is 5.92 Å². The van der Waals surface area contributed by atoms with Crippen molar-refractivity contribution in [3.8, 4) is 0 Å². The van der Waals surface area contributed by atoms with Gasteiger partial charge in [0.2, 0.25) is 5.91 Å². The van der Waals surface area contributed by atoms with Crippen molar-refractivity contribution in [2.75, 3.05) is 19.6 Å². The monoisotopic (exact) mass is 260 g/mol. The number of rotatable bonds is 7. The van der Waals surface area contributed by atoms with Crippen molar-refractivity contribution in [1.82, 2.24) is 10.2 Å². The maximum absolute atomic E-state index is 12.7. The Morgan fingerprint density at radius 2 is 1.89 bits per heavy atom. The summed E-state index contributed by atoms with van der Waals surface area (Å²) in [5.74, 6) is -3.52. The van der Waals surface area contributed by atoms with Crippen LogP contribution < -0.4 is 5.32 Å². The number of carbonyl (C=O) groups is 1. The molecule has 1 N–H and O–H groups in total. The van der Waals surface area contributed by atoms with Crippen LogP contribution in [0.3, 0.4) is 0 Å². The van der Waals surface area contributed by atoms with Crippen molar-refractivity contribution in [3.63, 3.8) is 0 Å². The summed E-state index contributed by atoms with van der Waals surface area (Å²) >= 11 is 0. The van der Waals surface area contributed by atoms with Crippen molar-refractivity contribution >= 4 is 5.91 Å². The van der Waals surface area contributed by atoms with E-state index in [2.05, 4.69) is 24.1 Å². The van der Waals surface area contributed by atoms with Crippen LogP contribution in [0.1, 0.15) is 39.5 Å². The number of carbonyl (C=O) groups excluding carboxylic acids is 1. The quantitative estimate of drug-likeness (QED) is 0.759. The molecule has 0 saturated heterocycles. The number of hydrogen-bond acceptors (Lipinski definition) is 2. The summed E-state index contributed by atoms with van der Waals surface area (Å²) in [5, 5.41) is 2.96. The van der Waals surface area contributed by atoms with E-state index in [1.807, 2.05) is 0 Å². The standard InChI is InChI=1S/C13H22F2N2O/c1-3-17(4-2)9-12(5-6-12)16-11(18)7-10-8-13(10,14)15/h10H,3-9H2,1-2H3,(H,16,18)/t10-/m0/s1. The molecular formula is C13H22F2N2O. The van der Waals surface area contributed by atoms with E-state index in [-0.39, 0.29) is 24.3 Å². The summed E-state index contributed by atoms with van der Waals surface area (Å²) in [4.78, 5) is 14.0. The second kappa shape index (κ2) is 4.76. The summed E-state index contributed by atoms with van der Waals surface area (Å²) in [6.45, 7) is 6.93. The number of halogens is 2. The first-order valence-electron chi connectivity index (χ1n) is 6.82. The Morgan fingerprint density at radius 3 is 2.28 bits per heavy atom. The van der Waals surface area contributed by atoms with Gasteiger partial charge >= 0.3 is 0 Å². The Bertz CT molecular complexity index is 325. The molecule has 3 nitrogen and oxygen atoms in total. The molecule has 0 unspecified atom stereocenters. The van der Waals surface area contributed by atoms with Gasteiger partial charge in [0.25, 0.3) is 5.92 Å². The molecule has 5 heteroatoms. The van der Waals surface area contributed by atoms with E-state index in [0.717, 1.165) is 32.5 Å². The molecule has 1 atom stereocenters. The van der Waals surface area contributed by atoms with Gasteiger partial charge in [-0.2, -0.15) is 0 Å². The predicted octanol–water partition coefficient (Wildman–Crippen LogP) is 2.02. The number of alkyl halides is 2. The molecule has 2 aliphatic rings. The van der Waals surface area contributed by atoms with Gasteiger partial charge < -0.3 is 10.2 Å². The molecule has 0 spiro atoms. The smallest absolute Gasteiger partial charge is 0.252 e. The number of amides is 1. The third kappa shape index (κ3) is 3.19. The second-order valence-electron chi connectivity index (χ2n) is 5.66. The van der Waals surface area contributed by atoms with E-state index in [4.69, 9.17) is 0 Å². The third-order valence-electron chi connectivity index (χ3n) is 4.07. The Hall–Kier alpha value is -0.710. The average molecular weight is 260 g/mol. The van der Waals surface area contributed by atoms with Crippen molar-refractivity contribution in [3.05, 3.63) is 0 Å². The molecule has 0 aromatic rings. The first kappa shape index (κ1) is 13.7. The molecule has 2 aliphatic carbocycles. The summed E-state index contributed by atoms with van der Waals surface area (Å²) in [5.41, 5.74) is -0.132. The normalized spacial score (nSPS) is 27.1. The highest BCUT2D eigenvalue weighted by Crippen LogP contribution is 2.50. The Morgan fingerprint density at radius 1 is 1.33 bits per heavy atom. The number of nitrogens with zero attached hydrogens (tertiary/aromatic N) is 1. The van der Waals surface area contributed by atoms with Crippen LogP contribution in [0.15, 0.2) is 0 Å². The van der Waals surface area contributed by atoms with Gasteiger partial charge in [0.05, 0.1) is 5.54 Å². The van der Waals surface area contributed by atoms with Gasteiger partial charge in [-0.15, -0.1) is 0 Å². The van der Waals surface area contributed by atoms with Crippen molar-refractivity contribution < 1.29 is 13.6 Å². The number of nitrogens with one attached hydrogen (secondary N) is 1. The first-order valence-corrected chi connectivity index (χ1v) is 6.82. The molecule has 104 valence electrons. The average Bonchev–Trinajstić information content (AvgIpc) is 3.16. The summed E-state index contributed by atoms with van der Waals surface area (Å²) in [6, 6.07) is 0. The lowest BCUT2D eigenvalue weighted by Crippen LogP contribution is -2.46. The van der Waals surface area contributed by atoms with E-state index in [9.17, 15) is 13.6 Å². The van der Waals surface area contributed by atoms with Crippen molar-refractivity contribution in [2.45, 2.75) is 51.0 Å². The van der Waals surface area contributed by atoms with Crippen LogP contribution in [0.5, 0.6) is 0 Å². The fourth-order valence-electron chi connectivity index (χ4n) is 2.41. The topological polar surface area (TPSA) is 32.3 Å². The van der Waals surface area contributed by atoms with Gasteiger partial charge in [0, 0.05) is 25.3 Å². The molecule has 0 aliphatic heterocycles. The van der Waals surface area contributed by atoms with E-state index in [1.54, 1.807) is 0 Å². The van der Waals surface area contributed by atoms with Crippen LogP contribution in [-0.2, 0) is 4.79 Å². The minimum absolute atomic E-state index is 0.0208. The van der Waals surface area contributed by atoms with Gasteiger partial charge in [-0.05, 0) is 25.9 Å². The molecule has 0 heterocycles. The van der Waals surface area contributed by atoms with E-state index in [1.165, 1.54) is 0 Å². The van der Waals surface area contributed by atoms with E-state index < -0.39 is 11.8 Å². The lowest BCUT2D eigenvalue weighted by molar-refractivity contribution is -0.123. The minimum atomic E-state index is -2.59. The fraction of sp³-hybridized carbons (Fsp3) is 0.923. The van der Waals surface area contributed by atoms with Crippen LogP contribution in [0.25, 0.3) is 0 Å². The predicted molar refractivity (Wildman–Crippen MR) is 65.6 cm³/mol. The number of likely N-dealkylation sites (N-methyl/N-ethyl adjacent to an activating group) is 1. The van der Waals surface area contributed by atoms with Crippen molar-refractivity contribution in [2.24, 2.45) is 5.92 Å². The van der Waals surface area contributed by atoms with Crippen LogP contribution in [0.2, 0.25) is 0 Å². The number of hydrogen-bond donors (Lipinski definition) is 1. The Kier molecular flexibility index (Phi) is 3.63. The molecular weight excluding hydrogens is 238 g/mol. The minimum Gasteiger partial charge on any atom is -0.349 e. The second-order valence-corrected chi connectivity index (χ2v) is 5.66. The third-order valence-corrected chi connectivity index (χ3v) is 4.07. The van der Waals surface area contributed by atoms with Crippen molar-refractivity contribution in [1.29, 1.82) is 0 Å². The fourth-order valence-corrected chi connectivity index (χ4v) is 2.41. The van der Waals surface area contributed by atoms with Gasteiger partial charge in [0.15, 0.2) is 0 Å². The van der Waals surface area contributed by atoms with Gasteiger partial charge in [-0.25, -0.2) is 8.78 Å². The molecule has 2 rings (SSSR count). The zero-order valence-electron chi connectivity index (χ0n) is 11.1.